The number of anilines is 1. The summed E-state index contributed by atoms with van der Waals surface area (Å²) in [4.78, 5) is 0.130. The predicted molar refractivity (Wildman–Crippen MR) is 101 cm³/mol. The lowest BCUT2D eigenvalue weighted by Gasteiger charge is -2.21. The molecular weight excluding hydrogens is 390 g/mol. The minimum atomic E-state index is -3.78. The number of nitrogens with one attached hydrogen (secondary N) is 1. The Morgan fingerprint density at radius 1 is 1.08 bits per heavy atom. The predicted octanol–water partition coefficient (Wildman–Crippen LogP) is 4.86. The van der Waals surface area contributed by atoms with Gasteiger partial charge in [0.1, 0.15) is 10.6 Å². The van der Waals surface area contributed by atoms with Crippen LogP contribution in [0.25, 0.3) is 0 Å². The summed E-state index contributed by atoms with van der Waals surface area (Å²) in [5.74, 6) is 0.318. The Labute approximate surface area is 152 Å². The first-order chi connectivity index (χ1) is 11.0. The van der Waals surface area contributed by atoms with Crippen LogP contribution in [0.4, 0.5) is 5.69 Å². The maximum Gasteiger partial charge on any atom is 0.265 e. The molecule has 130 valence electrons. The molecule has 0 bridgehead atoms. The Morgan fingerprint density at radius 2 is 1.75 bits per heavy atom. The summed E-state index contributed by atoms with van der Waals surface area (Å²) >= 11 is 3.40. The average Bonchev–Trinajstić information content (AvgIpc) is 2.48. The zero-order valence-electron chi connectivity index (χ0n) is 14.5. The van der Waals surface area contributed by atoms with Gasteiger partial charge in [-0.15, -0.1) is 0 Å². The Morgan fingerprint density at radius 3 is 2.29 bits per heavy atom. The van der Waals surface area contributed by atoms with Gasteiger partial charge in [0.15, 0.2) is 0 Å². The summed E-state index contributed by atoms with van der Waals surface area (Å²) in [5, 5.41) is 0. The van der Waals surface area contributed by atoms with Crippen LogP contribution in [0.15, 0.2) is 45.8 Å². The topological polar surface area (TPSA) is 55.4 Å². The van der Waals surface area contributed by atoms with Crippen LogP contribution in [0, 0.1) is 6.92 Å². The van der Waals surface area contributed by atoms with Crippen molar-refractivity contribution in [2.24, 2.45) is 0 Å². The van der Waals surface area contributed by atoms with E-state index in [-0.39, 0.29) is 10.3 Å². The first-order valence-corrected chi connectivity index (χ1v) is 9.80. The summed E-state index contributed by atoms with van der Waals surface area (Å²) in [6.45, 7) is 8.05. The largest absolute Gasteiger partial charge is 0.495 e. The molecule has 0 saturated heterocycles. The van der Waals surface area contributed by atoms with E-state index in [2.05, 4.69) is 20.7 Å². The average molecular weight is 412 g/mol. The fraction of sp³-hybridized carbons (Fsp3) is 0.333. The lowest BCUT2D eigenvalue weighted by atomic mass is 9.87. The summed E-state index contributed by atoms with van der Waals surface area (Å²) in [7, 11) is -2.31. The monoisotopic (exact) mass is 411 g/mol. The minimum Gasteiger partial charge on any atom is -0.495 e. The molecule has 0 radical (unpaired) electrons. The molecule has 24 heavy (non-hydrogen) atoms. The van der Waals surface area contributed by atoms with Crippen molar-refractivity contribution in [1.29, 1.82) is 0 Å². The van der Waals surface area contributed by atoms with Gasteiger partial charge in [-0.3, -0.25) is 4.72 Å². The number of hydrogen-bond donors (Lipinski definition) is 1. The van der Waals surface area contributed by atoms with Gasteiger partial charge >= 0.3 is 0 Å². The highest BCUT2D eigenvalue weighted by molar-refractivity contribution is 9.10. The van der Waals surface area contributed by atoms with Crippen molar-refractivity contribution in [3.63, 3.8) is 0 Å². The number of halogens is 1. The molecule has 0 aliphatic carbocycles. The third-order valence-electron chi connectivity index (χ3n) is 3.69. The summed E-state index contributed by atoms with van der Waals surface area (Å²) in [6, 6.07) is 10.7. The van der Waals surface area contributed by atoms with Gasteiger partial charge in [0.25, 0.3) is 10.0 Å². The summed E-state index contributed by atoms with van der Waals surface area (Å²) in [6.07, 6.45) is 0. The molecule has 4 nitrogen and oxygen atoms in total. The molecule has 0 spiro atoms. The van der Waals surface area contributed by atoms with Crippen LogP contribution in [-0.2, 0) is 15.4 Å². The molecule has 0 aliphatic heterocycles. The molecule has 0 fully saturated rings. The zero-order chi connectivity index (χ0) is 18.1. The SMILES string of the molecule is COc1ccc(C(C)(C)C)cc1S(=O)(=O)Nc1ccc(C)cc1Br. The van der Waals surface area contributed by atoms with Gasteiger partial charge in [0.2, 0.25) is 0 Å². The maximum atomic E-state index is 12.9. The van der Waals surface area contributed by atoms with Crippen molar-refractivity contribution in [3.8, 4) is 5.75 Å². The highest BCUT2D eigenvalue weighted by Crippen LogP contribution is 2.33. The third-order valence-corrected chi connectivity index (χ3v) is 5.73. The van der Waals surface area contributed by atoms with Gasteiger partial charge in [0, 0.05) is 4.47 Å². The molecule has 2 aromatic carbocycles. The first kappa shape index (κ1) is 18.8. The molecule has 0 aromatic heterocycles. The molecule has 0 atom stereocenters. The Balaban J connectivity index is 2.51. The fourth-order valence-corrected chi connectivity index (χ4v) is 4.26. The van der Waals surface area contributed by atoms with Crippen LogP contribution in [0.1, 0.15) is 31.9 Å². The quantitative estimate of drug-likeness (QED) is 0.780. The van der Waals surface area contributed by atoms with Crippen LogP contribution < -0.4 is 9.46 Å². The van der Waals surface area contributed by atoms with E-state index >= 15 is 0 Å². The lowest BCUT2D eigenvalue weighted by molar-refractivity contribution is 0.402. The first-order valence-electron chi connectivity index (χ1n) is 7.52. The van der Waals surface area contributed by atoms with Crippen molar-refractivity contribution in [1.82, 2.24) is 0 Å². The van der Waals surface area contributed by atoms with E-state index < -0.39 is 10.0 Å². The van der Waals surface area contributed by atoms with Crippen LogP contribution >= 0.6 is 15.9 Å². The molecule has 2 aromatic rings. The van der Waals surface area contributed by atoms with E-state index in [0.717, 1.165) is 11.1 Å². The molecule has 0 amide bonds. The standard InChI is InChI=1S/C18H22BrNO3S/c1-12-6-8-15(14(19)10-12)20-24(21,22)17-11-13(18(2,3)4)7-9-16(17)23-5/h6-11,20H,1-5H3. The van der Waals surface area contributed by atoms with Crippen molar-refractivity contribution < 1.29 is 13.2 Å². The van der Waals surface area contributed by atoms with Gasteiger partial charge in [0.05, 0.1) is 12.8 Å². The molecular formula is C18H22BrNO3S. The second kappa shape index (κ2) is 6.76. The van der Waals surface area contributed by atoms with E-state index in [4.69, 9.17) is 4.74 Å². The van der Waals surface area contributed by atoms with Gasteiger partial charge in [-0.25, -0.2) is 8.42 Å². The van der Waals surface area contributed by atoms with E-state index in [1.165, 1.54) is 7.11 Å². The fourth-order valence-electron chi connectivity index (χ4n) is 2.26. The van der Waals surface area contributed by atoms with Crippen molar-refractivity contribution in [2.45, 2.75) is 38.0 Å². The van der Waals surface area contributed by atoms with Crippen LogP contribution in [0.3, 0.4) is 0 Å². The number of hydrogen-bond acceptors (Lipinski definition) is 3. The maximum absolute atomic E-state index is 12.9. The number of ether oxygens (including phenoxy) is 1. The highest BCUT2D eigenvalue weighted by atomic mass is 79.9. The number of sulfonamides is 1. The highest BCUT2D eigenvalue weighted by Gasteiger charge is 2.24. The molecule has 0 aliphatic rings. The van der Waals surface area contributed by atoms with E-state index in [1.807, 2.05) is 45.9 Å². The zero-order valence-corrected chi connectivity index (χ0v) is 16.9. The van der Waals surface area contributed by atoms with Crippen LogP contribution in [0.2, 0.25) is 0 Å². The molecule has 0 unspecified atom stereocenters. The Kier molecular flexibility index (Phi) is 5.30. The third kappa shape index (κ3) is 4.11. The number of aryl methyl sites for hydroxylation is 1. The van der Waals surface area contributed by atoms with Gasteiger partial charge in [-0.1, -0.05) is 32.9 Å². The van der Waals surface area contributed by atoms with Gasteiger partial charge in [-0.05, 0) is 63.7 Å². The molecule has 2 rings (SSSR count). The van der Waals surface area contributed by atoms with Crippen molar-refractivity contribution >= 4 is 31.6 Å². The number of benzene rings is 2. The van der Waals surface area contributed by atoms with Crippen molar-refractivity contribution in [3.05, 3.63) is 52.0 Å². The van der Waals surface area contributed by atoms with Gasteiger partial charge < -0.3 is 4.74 Å². The normalized spacial score (nSPS) is 12.1. The van der Waals surface area contributed by atoms with Gasteiger partial charge in [-0.2, -0.15) is 0 Å². The smallest absolute Gasteiger partial charge is 0.265 e. The van der Waals surface area contributed by atoms with Crippen molar-refractivity contribution in [2.75, 3.05) is 11.8 Å². The molecule has 0 saturated carbocycles. The summed E-state index contributed by atoms with van der Waals surface area (Å²) < 4.78 is 34.3. The number of rotatable bonds is 4. The van der Waals surface area contributed by atoms with E-state index in [9.17, 15) is 8.42 Å². The minimum absolute atomic E-state index is 0.130. The Bertz CT molecular complexity index is 855. The molecule has 0 heterocycles. The van der Waals surface area contributed by atoms with E-state index in [1.54, 1.807) is 18.2 Å². The molecule has 1 N–H and O–H groups in total. The van der Waals surface area contributed by atoms with E-state index in [0.29, 0.717) is 15.9 Å². The Hall–Kier alpha value is -1.53. The second-order valence-corrected chi connectivity index (χ2v) is 9.21. The summed E-state index contributed by atoms with van der Waals surface area (Å²) in [5.41, 5.74) is 2.29. The molecule has 6 heteroatoms. The number of methoxy groups -OCH3 is 1. The van der Waals surface area contributed by atoms with Crippen LogP contribution in [0.5, 0.6) is 5.75 Å². The van der Waals surface area contributed by atoms with Crippen LogP contribution in [-0.4, -0.2) is 15.5 Å². The second-order valence-electron chi connectivity index (χ2n) is 6.70. The lowest BCUT2D eigenvalue weighted by Crippen LogP contribution is -2.17.